The Labute approximate surface area is 116 Å². The van der Waals surface area contributed by atoms with Gasteiger partial charge in [-0.05, 0) is 31.9 Å². The monoisotopic (exact) mass is 297 g/mol. The Bertz CT molecular complexity index is 700. The molecule has 0 fully saturated rings. The summed E-state index contributed by atoms with van der Waals surface area (Å²) < 4.78 is 27.5. The summed E-state index contributed by atoms with van der Waals surface area (Å²) in [6, 6.07) is 5.61. The van der Waals surface area contributed by atoms with Crippen molar-refractivity contribution in [2.45, 2.75) is 25.0 Å². The highest BCUT2D eigenvalue weighted by Gasteiger charge is 2.22. The first kappa shape index (κ1) is 13.8. The first-order valence-electron chi connectivity index (χ1n) is 5.63. The summed E-state index contributed by atoms with van der Waals surface area (Å²) >= 11 is 0.968. The van der Waals surface area contributed by atoms with Crippen molar-refractivity contribution in [3.8, 4) is 0 Å². The molecule has 0 spiro atoms. The molecule has 0 saturated heterocycles. The molecule has 0 saturated carbocycles. The Hall–Kier alpha value is -1.60. The quantitative estimate of drug-likeness (QED) is 0.911. The number of thiazole rings is 1. The van der Waals surface area contributed by atoms with Gasteiger partial charge in [-0.2, -0.15) is 0 Å². The molecule has 0 aliphatic rings. The molecule has 19 heavy (non-hydrogen) atoms. The number of benzene rings is 1. The van der Waals surface area contributed by atoms with E-state index >= 15 is 0 Å². The van der Waals surface area contributed by atoms with Crippen molar-refractivity contribution in [3.05, 3.63) is 35.0 Å². The highest BCUT2D eigenvalue weighted by molar-refractivity contribution is 7.94. The van der Waals surface area contributed by atoms with Gasteiger partial charge in [-0.3, -0.25) is 4.72 Å². The first-order chi connectivity index (χ1) is 8.81. The minimum absolute atomic E-state index is 0.160. The van der Waals surface area contributed by atoms with Gasteiger partial charge in [-0.15, -0.1) is 0 Å². The number of nitrogens with two attached hydrogens (primary N) is 1. The molecule has 0 radical (unpaired) electrons. The van der Waals surface area contributed by atoms with Crippen LogP contribution < -0.4 is 10.5 Å². The number of nitrogens with zero attached hydrogens (tertiary/aromatic N) is 1. The maximum absolute atomic E-state index is 12.3. The average Bonchev–Trinajstić information content (AvgIpc) is 2.64. The van der Waals surface area contributed by atoms with E-state index in [9.17, 15) is 8.42 Å². The second-order valence-electron chi connectivity index (χ2n) is 4.30. The molecule has 1 heterocycles. The van der Waals surface area contributed by atoms with E-state index in [0.717, 1.165) is 22.5 Å². The molecular formula is C12H15N3O2S2. The third-order valence-electron chi connectivity index (χ3n) is 2.73. The molecule has 2 rings (SSSR count). The summed E-state index contributed by atoms with van der Waals surface area (Å²) in [7, 11) is -3.64. The van der Waals surface area contributed by atoms with Crippen LogP contribution in [0.1, 0.15) is 16.8 Å². The van der Waals surface area contributed by atoms with Gasteiger partial charge in [0.2, 0.25) is 0 Å². The van der Waals surface area contributed by atoms with Gasteiger partial charge in [0.25, 0.3) is 10.0 Å². The van der Waals surface area contributed by atoms with Crippen LogP contribution in [0.3, 0.4) is 0 Å². The Morgan fingerprint density at radius 2 is 1.79 bits per heavy atom. The molecule has 2 aromatic rings. The number of hydrogen-bond donors (Lipinski definition) is 2. The third kappa shape index (κ3) is 2.71. The van der Waals surface area contributed by atoms with Crippen molar-refractivity contribution in [2.75, 3.05) is 10.5 Å². The summed E-state index contributed by atoms with van der Waals surface area (Å²) in [6.07, 6.45) is 0. The molecular weight excluding hydrogens is 282 g/mol. The molecule has 0 unspecified atom stereocenters. The van der Waals surface area contributed by atoms with E-state index in [2.05, 4.69) is 9.71 Å². The summed E-state index contributed by atoms with van der Waals surface area (Å²) in [5, 5.41) is 0.249. The van der Waals surface area contributed by atoms with Crippen LogP contribution in [0, 0.1) is 20.8 Å². The predicted molar refractivity (Wildman–Crippen MR) is 78.0 cm³/mol. The van der Waals surface area contributed by atoms with Gasteiger partial charge in [0, 0.05) is 0 Å². The van der Waals surface area contributed by atoms with Crippen molar-refractivity contribution in [1.29, 1.82) is 0 Å². The fourth-order valence-electron chi connectivity index (χ4n) is 1.81. The van der Waals surface area contributed by atoms with E-state index in [1.807, 2.05) is 32.0 Å². The van der Waals surface area contributed by atoms with Crippen LogP contribution in [-0.2, 0) is 10.0 Å². The molecule has 3 N–H and O–H groups in total. The minimum Gasteiger partial charge on any atom is -0.375 e. The van der Waals surface area contributed by atoms with Crippen LogP contribution in [0.4, 0.5) is 10.8 Å². The Morgan fingerprint density at radius 1 is 1.21 bits per heavy atom. The highest BCUT2D eigenvalue weighted by atomic mass is 32.2. The fraction of sp³-hybridized carbons (Fsp3) is 0.250. The second-order valence-corrected chi connectivity index (χ2v) is 7.21. The van der Waals surface area contributed by atoms with Crippen molar-refractivity contribution in [2.24, 2.45) is 0 Å². The molecule has 1 aromatic heterocycles. The number of rotatable bonds is 3. The molecule has 0 atom stereocenters. The Balaban J connectivity index is 2.45. The lowest BCUT2D eigenvalue weighted by atomic mass is 10.1. The fourth-order valence-corrected chi connectivity index (χ4v) is 4.31. The number of sulfonamides is 1. The topological polar surface area (TPSA) is 85.1 Å². The summed E-state index contributed by atoms with van der Waals surface area (Å²) in [6.45, 7) is 5.35. The van der Waals surface area contributed by atoms with Gasteiger partial charge >= 0.3 is 0 Å². The van der Waals surface area contributed by atoms with Gasteiger partial charge in [0.1, 0.15) is 0 Å². The number of anilines is 2. The van der Waals surface area contributed by atoms with Crippen LogP contribution in [0.5, 0.6) is 0 Å². The first-order valence-corrected chi connectivity index (χ1v) is 7.93. The number of nitrogen functional groups attached to an aromatic ring is 1. The zero-order chi connectivity index (χ0) is 14.2. The third-order valence-corrected chi connectivity index (χ3v) is 5.68. The van der Waals surface area contributed by atoms with Crippen LogP contribution in [0.2, 0.25) is 0 Å². The Kier molecular flexibility index (Phi) is 3.51. The lowest BCUT2D eigenvalue weighted by Crippen LogP contribution is -2.14. The van der Waals surface area contributed by atoms with Crippen LogP contribution in [0.25, 0.3) is 0 Å². The van der Waals surface area contributed by atoms with Crippen molar-refractivity contribution < 1.29 is 8.42 Å². The molecule has 0 aliphatic heterocycles. The zero-order valence-corrected chi connectivity index (χ0v) is 12.5. The van der Waals surface area contributed by atoms with E-state index in [0.29, 0.717) is 11.4 Å². The summed E-state index contributed by atoms with van der Waals surface area (Å²) in [5.74, 6) is 0. The van der Waals surface area contributed by atoms with Crippen LogP contribution >= 0.6 is 11.3 Å². The van der Waals surface area contributed by atoms with E-state index < -0.39 is 10.0 Å². The van der Waals surface area contributed by atoms with Crippen molar-refractivity contribution >= 4 is 32.2 Å². The normalized spacial score (nSPS) is 11.5. The number of hydrogen-bond acceptors (Lipinski definition) is 5. The number of aryl methyl sites for hydroxylation is 3. The van der Waals surface area contributed by atoms with Gasteiger partial charge in [-0.25, -0.2) is 13.4 Å². The van der Waals surface area contributed by atoms with E-state index in [1.54, 1.807) is 6.92 Å². The van der Waals surface area contributed by atoms with E-state index in [1.165, 1.54) is 0 Å². The maximum Gasteiger partial charge on any atom is 0.273 e. The minimum atomic E-state index is -3.64. The Morgan fingerprint density at radius 3 is 2.26 bits per heavy atom. The van der Waals surface area contributed by atoms with Gasteiger partial charge in [-0.1, -0.05) is 29.5 Å². The van der Waals surface area contributed by atoms with E-state index in [-0.39, 0.29) is 9.34 Å². The maximum atomic E-state index is 12.3. The number of aromatic nitrogens is 1. The molecule has 1 aromatic carbocycles. The van der Waals surface area contributed by atoms with Gasteiger partial charge < -0.3 is 5.73 Å². The lowest BCUT2D eigenvalue weighted by molar-refractivity contribution is 0.602. The van der Waals surface area contributed by atoms with Crippen LogP contribution in [0.15, 0.2) is 22.4 Å². The SMILES string of the molecule is Cc1cccc(C)c1NS(=O)(=O)c1sc(N)nc1C. The predicted octanol–water partition coefficient (Wildman–Crippen LogP) is 2.45. The average molecular weight is 297 g/mol. The van der Waals surface area contributed by atoms with Gasteiger partial charge in [0.15, 0.2) is 9.34 Å². The largest absolute Gasteiger partial charge is 0.375 e. The van der Waals surface area contributed by atoms with E-state index in [4.69, 9.17) is 5.73 Å². The molecule has 102 valence electrons. The highest BCUT2D eigenvalue weighted by Crippen LogP contribution is 2.29. The summed E-state index contributed by atoms with van der Waals surface area (Å²) in [5.41, 5.74) is 8.32. The lowest BCUT2D eigenvalue weighted by Gasteiger charge is -2.12. The summed E-state index contributed by atoms with van der Waals surface area (Å²) in [4.78, 5) is 3.94. The van der Waals surface area contributed by atoms with Crippen molar-refractivity contribution in [3.63, 3.8) is 0 Å². The van der Waals surface area contributed by atoms with Gasteiger partial charge in [0.05, 0.1) is 11.4 Å². The van der Waals surface area contributed by atoms with Crippen LogP contribution in [-0.4, -0.2) is 13.4 Å². The molecule has 0 amide bonds. The zero-order valence-electron chi connectivity index (χ0n) is 10.9. The second kappa shape index (κ2) is 4.82. The standard InChI is InChI=1S/C12H15N3O2S2/c1-7-5-4-6-8(2)10(7)15-19(16,17)11-9(3)14-12(13)18-11/h4-6,15H,1-3H3,(H2,13,14). The molecule has 7 heteroatoms. The van der Waals surface area contributed by atoms with Crippen molar-refractivity contribution in [1.82, 2.24) is 4.98 Å². The molecule has 0 bridgehead atoms. The molecule has 0 aliphatic carbocycles. The molecule has 5 nitrogen and oxygen atoms in total. The smallest absolute Gasteiger partial charge is 0.273 e. The number of nitrogens with one attached hydrogen (secondary N) is 1. The number of para-hydroxylation sites is 1.